The molecule has 1 aliphatic rings. The lowest BCUT2D eigenvalue weighted by atomic mass is 9.91. The van der Waals surface area contributed by atoms with Crippen LogP contribution in [0.15, 0.2) is 42.7 Å². The Labute approximate surface area is 200 Å². The molecule has 3 aromatic heterocycles. The fraction of sp³-hybridized carbons (Fsp3) is 0.304. The van der Waals surface area contributed by atoms with Crippen molar-refractivity contribution < 1.29 is 0 Å². The van der Waals surface area contributed by atoms with Gasteiger partial charge in [0.1, 0.15) is 0 Å². The second-order valence-electron chi connectivity index (χ2n) is 8.26. The Morgan fingerprint density at radius 2 is 1.91 bits per heavy atom. The minimum absolute atomic E-state index is 0.548. The van der Waals surface area contributed by atoms with Crippen LogP contribution >= 0.6 is 22.6 Å². The summed E-state index contributed by atoms with van der Waals surface area (Å²) < 4.78 is 5.11. The maximum absolute atomic E-state index is 4.92. The van der Waals surface area contributed by atoms with E-state index in [0.29, 0.717) is 5.95 Å². The predicted molar refractivity (Wildman–Crippen MR) is 134 cm³/mol. The molecule has 0 amide bonds. The van der Waals surface area contributed by atoms with E-state index in [9.17, 15) is 0 Å². The van der Waals surface area contributed by atoms with Crippen LogP contribution in [-0.2, 0) is 26.4 Å². The summed E-state index contributed by atoms with van der Waals surface area (Å²) in [5.41, 5.74) is 6.54. The summed E-state index contributed by atoms with van der Waals surface area (Å²) in [7, 11) is 6.12. The lowest BCUT2D eigenvalue weighted by Gasteiger charge is -2.16. The molecule has 0 bridgehead atoms. The van der Waals surface area contributed by atoms with Crippen LogP contribution < -0.4 is 5.32 Å². The Kier molecular flexibility index (Phi) is 5.68. The molecule has 1 aliphatic carbocycles. The number of aromatic nitrogens is 6. The van der Waals surface area contributed by atoms with Crippen molar-refractivity contribution >= 4 is 34.4 Å². The van der Waals surface area contributed by atoms with Gasteiger partial charge in [-0.2, -0.15) is 10.2 Å². The van der Waals surface area contributed by atoms with Crippen molar-refractivity contribution in [1.82, 2.24) is 34.4 Å². The highest BCUT2D eigenvalue weighted by atomic mass is 127. The van der Waals surface area contributed by atoms with Crippen LogP contribution in [0.1, 0.15) is 11.3 Å². The summed E-state index contributed by atoms with van der Waals surface area (Å²) in [6.07, 6.45) is 5.69. The number of hydrogen-bond acceptors (Lipinski definition) is 6. The van der Waals surface area contributed by atoms with Gasteiger partial charge in [-0.15, -0.1) is 0 Å². The number of aryl methyl sites for hydroxylation is 3. The third-order valence-corrected chi connectivity index (χ3v) is 6.35. The topological polar surface area (TPSA) is 76.7 Å². The van der Waals surface area contributed by atoms with Crippen molar-refractivity contribution in [3.8, 4) is 22.5 Å². The molecule has 0 saturated carbocycles. The molecule has 8 nitrogen and oxygen atoms in total. The minimum atomic E-state index is 0.548. The van der Waals surface area contributed by atoms with E-state index in [-0.39, 0.29) is 0 Å². The first-order valence-corrected chi connectivity index (χ1v) is 11.7. The molecule has 32 heavy (non-hydrogen) atoms. The molecule has 0 spiro atoms. The summed E-state index contributed by atoms with van der Waals surface area (Å²) in [6, 6.07) is 10.5. The predicted octanol–water partition coefficient (Wildman–Crippen LogP) is 3.75. The number of rotatable bonds is 6. The summed E-state index contributed by atoms with van der Waals surface area (Å²) in [6.45, 7) is 1.76. The van der Waals surface area contributed by atoms with E-state index < -0.39 is 0 Å². The van der Waals surface area contributed by atoms with Crippen molar-refractivity contribution in [2.24, 2.45) is 7.05 Å². The van der Waals surface area contributed by atoms with Gasteiger partial charge in [0.15, 0.2) is 5.82 Å². The molecule has 0 atom stereocenters. The molecule has 0 fully saturated rings. The quantitative estimate of drug-likeness (QED) is 0.376. The molecule has 4 aromatic rings. The molecule has 0 unspecified atom stereocenters. The second kappa shape index (κ2) is 8.62. The van der Waals surface area contributed by atoms with Gasteiger partial charge in [-0.05, 0) is 67.2 Å². The number of likely N-dealkylation sites (N-methyl/N-ethyl adjacent to an activating group) is 1. The van der Waals surface area contributed by atoms with Crippen LogP contribution in [0.4, 0.5) is 11.8 Å². The molecule has 9 heteroatoms. The fourth-order valence-electron chi connectivity index (χ4n) is 4.03. The zero-order chi connectivity index (χ0) is 22.2. The Balaban J connectivity index is 1.48. The molecule has 1 N–H and O–H groups in total. The van der Waals surface area contributed by atoms with Crippen LogP contribution in [0.25, 0.3) is 22.5 Å². The summed E-state index contributed by atoms with van der Waals surface area (Å²) >= 11 is 2.33. The van der Waals surface area contributed by atoms with Gasteiger partial charge in [0.2, 0.25) is 5.95 Å². The number of benzene rings is 1. The molecule has 0 aliphatic heterocycles. The third kappa shape index (κ3) is 4.14. The Hall–Kier alpha value is -2.79. The van der Waals surface area contributed by atoms with Gasteiger partial charge in [0.25, 0.3) is 0 Å². The zero-order valence-corrected chi connectivity index (χ0v) is 20.5. The first kappa shape index (κ1) is 21.1. The zero-order valence-electron chi connectivity index (χ0n) is 18.4. The van der Waals surface area contributed by atoms with Crippen LogP contribution in [-0.4, -0.2) is 55.1 Å². The number of nitrogens with one attached hydrogen (secondary N) is 1. The van der Waals surface area contributed by atoms with E-state index in [2.05, 4.69) is 81.3 Å². The van der Waals surface area contributed by atoms with Crippen molar-refractivity contribution in [2.75, 3.05) is 26.0 Å². The first-order chi connectivity index (χ1) is 15.5. The van der Waals surface area contributed by atoms with Crippen molar-refractivity contribution in [1.29, 1.82) is 0 Å². The second-order valence-corrected chi connectivity index (χ2v) is 9.51. The Bertz CT molecular complexity index is 1260. The normalized spacial score (nSPS) is 12.7. The molecular formula is C23H25IN8. The fourth-order valence-corrected chi connectivity index (χ4v) is 4.39. The summed E-state index contributed by atoms with van der Waals surface area (Å²) in [5, 5.41) is 12.7. The van der Waals surface area contributed by atoms with E-state index in [1.165, 1.54) is 3.57 Å². The SMILES string of the molecule is CN(C)CCn1ccc(Nc2ncc3c(n2)-c2c(nn(C)c2-c2ccc(I)cc2)CC3)n1. The average molecular weight is 540 g/mol. The molecule has 1 aromatic carbocycles. The summed E-state index contributed by atoms with van der Waals surface area (Å²) in [5.74, 6) is 1.29. The monoisotopic (exact) mass is 540 g/mol. The standard InChI is InChI=1S/C23H25IN8/c1-30(2)12-13-32-11-10-19(29-32)26-23-25-14-16-6-9-18-20(21(16)27-23)22(31(3)28-18)15-4-7-17(24)8-5-15/h4-5,7-8,10-11,14H,6,9,12-13H2,1-3H3,(H,25,26,27,29). The highest BCUT2D eigenvalue weighted by Crippen LogP contribution is 2.39. The molecule has 164 valence electrons. The third-order valence-electron chi connectivity index (χ3n) is 5.63. The van der Waals surface area contributed by atoms with Crippen LogP contribution in [0.5, 0.6) is 0 Å². The van der Waals surface area contributed by atoms with E-state index in [0.717, 1.165) is 65.5 Å². The molecular weight excluding hydrogens is 515 g/mol. The number of hydrogen-bond donors (Lipinski definition) is 1. The highest BCUT2D eigenvalue weighted by molar-refractivity contribution is 14.1. The number of nitrogens with zero attached hydrogens (tertiary/aromatic N) is 7. The van der Waals surface area contributed by atoms with Crippen molar-refractivity contribution in [3.63, 3.8) is 0 Å². The number of anilines is 2. The van der Waals surface area contributed by atoms with Gasteiger partial charge in [0, 0.05) is 46.7 Å². The Morgan fingerprint density at radius 1 is 1.09 bits per heavy atom. The first-order valence-electron chi connectivity index (χ1n) is 10.6. The van der Waals surface area contributed by atoms with Crippen molar-refractivity contribution in [3.05, 3.63) is 57.6 Å². The van der Waals surface area contributed by atoms with Gasteiger partial charge in [-0.3, -0.25) is 9.36 Å². The van der Waals surface area contributed by atoms with Crippen LogP contribution in [0.3, 0.4) is 0 Å². The largest absolute Gasteiger partial charge is 0.308 e. The van der Waals surface area contributed by atoms with Gasteiger partial charge in [-0.25, -0.2) is 9.97 Å². The van der Waals surface area contributed by atoms with Gasteiger partial charge in [-0.1, -0.05) is 12.1 Å². The van der Waals surface area contributed by atoms with Crippen molar-refractivity contribution in [2.45, 2.75) is 19.4 Å². The van der Waals surface area contributed by atoms with E-state index in [1.54, 1.807) is 0 Å². The highest BCUT2D eigenvalue weighted by Gasteiger charge is 2.27. The maximum Gasteiger partial charge on any atom is 0.228 e. The molecule has 0 saturated heterocycles. The lowest BCUT2D eigenvalue weighted by molar-refractivity contribution is 0.373. The molecule has 0 radical (unpaired) electrons. The van der Waals surface area contributed by atoms with Crippen LogP contribution in [0.2, 0.25) is 0 Å². The molecule has 3 heterocycles. The van der Waals surface area contributed by atoms with Gasteiger partial charge >= 0.3 is 0 Å². The number of fused-ring (bicyclic) bond motifs is 3. The lowest BCUT2D eigenvalue weighted by Crippen LogP contribution is -2.18. The Morgan fingerprint density at radius 3 is 2.69 bits per heavy atom. The van der Waals surface area contributed by atoms with E-state index >= 15 is 0 Å². The minimum Gasteiger partial charge on any atom is -0.308 e. The van der Waals surface area contributed by atoms with E-state index in [1.807, 2.05) is 34.9 Å². The number of halogens is 1. The van der Waals surface area contributed by atoms with Gasteiger partial charge < -0.3 is 10.2 Å². The summed E-state index contributed by atoms with van der Waals surface area (Å²) in [4.78, 5) is 11.6. The smallest absolute Gasteiger partial charge is 0.228 e. The average Bonchev–Trinajstić information content (AvgIpc) is 3.36. The van der Waals surface area contributed by atoms with Gasteiger partial charge in [0.05, 0.1) is 23.6 Å². The van der Waals surface area contributed by atoms with E-state index in [4.69, 9.17) is 10.1 Å². The molecule has 5 rings (SSSR count). The maximum atomic E-state index is 4.92. The van der Waals surface area contributed by atoms with Crippen LogP contribution in [0, 0.1) is 3.57 Å².